The third-order valence-corrected chi connectivity index (χ3v) is 4.85. The molecule has 3 aromatic rings. The molecule has 0 radical (unpaired) electrons. The van der Waals surface area contributed by atoms with E-state index in [-0.39, 0.29) is 0 Å². The van der Waals surface area contributed by atoms with Gasteiger partial charge in [0.05, 0.1) is 14.2 Å². The number of hydrogen-bond acceptors (Lipinski definition) is 2. The molecule has 0 atom stereocenters. The van der Waals surface area contributed by atoms with Crippen LogP contribution in [0.15, 0.2) is 78.9 Å². The van der Waals surface area contributed by atoms with Crippen molar-refractivity contribution in [3.8, 4) is 11.5 Å². The predicted molar refractivity (Wildman–Crippen MR) is 107 cm³/mol. The fraction of sp³-hybridized carbons (Fsp3) is 0.0909. The van der Waals surface area contributed by atoms with Crippen LogP contribution < -0.4 is 9.47 Å². The highest BCUT2D eigenvalue weighted by Gasteiger charge is 2.18. The van der Waals surface area contributed by atoms with Gasteiger partial charge in [-0.2, -0.15) is 0 Å². The van der Waals surface area contributed by atoms with Gasteiger partial charge in [-0.3, -0.25) is 0 Å². The molecule has 3 aromatic carbocycles. The van der Waals surface area contributed by atoms with E-state index in [2.05, 4.69) is 40.2 Å². The number of benzene rings is 3. The summed E-state index contributed by atoms with van der Waals surface area (Å²) in [5.74, 6) is 1.63. The van der Waals surface area contributed by atoms with E-state index < -0.39 is 0 Å². The molecule has 0 aliphatic heterocycles. The maximum Gasteiger partial charge on any atom is 0.126 e. The molecule has 25 heavy (non-hydrogen) atoms. The van der Waals surface area contributed by atoms with Crippen LogP contribution in [0.5, 0.6) is 11.5 Å². The molecule has 0 bridgehead atoms. The van der Waals surface area contributed by atoms with Crippen molar-refractivity contribution in [3.63, 3.8) is 0 Å². The molecule has 3 rings (SSSR count). The van der Waals surface area contributed by atoms with Crippen LogP contribution >= 0.6 is 15.9 Å². The second kappa shape index (κ2) is 8.04. The molecule has 0 saturated heterocycles. The van der Waals surface area contributed by atoms with Gasteiger partial charge < -0.3 is 9.47 Å². The molecule has 0 fully saturated rings. The maximum atomic E-state index is 5.61. The fourth-order valence-corrected chi connectivity index (χ4v) is 3.50. The Balaban J connectivity index is 2.33. The predicted octanol–water partition coefficient (Wildman–Crippen LogP) is 6.02. The van der Waals surface area contributed by atoms with E-state index >= 15 is 0 Å². The molecule has 0 unspecified atom stereocenters. The van der Waals surface area contributed by atoms with Crippen molar-refractivity contribution in [2.45, 2.75) is 0 Å². The molecular weight excluding hydrogens is 376 g/mol. The van der Waals surface area contributed by atoms with Crippen molar-refractivity contribution < 1.29 is 9.47 Å². The van der Waals surface area contributed by atoms with Crippen LogP contribution in [0.3, 0.4) is 0 Å². The third kappa shape index (κ3) is 3.62. The number of para-hydroxylation sites is 2. The Morgan fingerprint density at radius 1 is 0.640 bits per heavy atom. The van der Waals surface area contributed by atoms with E-state index in [0.717, 1.165) is 38.2 Å². The van der Waals surface area contributed by atoms with Gasteiger partial charge in [0.25, 0.3) is 0 Å². The van der Waals surface area contributed by atoms with E-state index in [4.69, 9.17) is 9.47 Å². The van der Waals surface area contributed by atoms with Crippen LogP contribution in [-0.4, -0.2) is 14.2 Å². The molecular formula is C22H19BrO2. The summed E-state index contributed by atoms with van der Waals surface area (Å²) in [7, 11) is 3.38. The lowest BCUT2D eigenvalue weighted by molar-refractivity contribution is 0.411. The van der Waals surface area contributed by atoms with E-state index in [1.165, 1.54) is 0 Å². The Morgan fingerprint density at radius 2 is 1.08 bits per heavy atom. The third-order valence-electron chi connectivity index (χ3n) is 4.00. The molecule has 126 valence electrons. The number of rotatable bonds is 5. The summed E-state index contributed by atoms with van der Waals surface area (Å²) in [6.07, 6.45) is 0. The fourth-order valence-electron chi connectivity index (χ4n) is 2.81. The average Bonchev–Trinajstić information content (AvgIpc) is 2.69. The molecule has 0 aromatic heterocycles. The number of methoxy groups -OCH3 is 2. The minimum absolute atomic E-state index is 0.816. The van der Waals surface area contributed by atoms with Gasteiger partial charge in [0.1, 0.15) is 11.5 Å². The normalized spacial score (nSPS) is 10.2. The molecule has 0 aliphatic carbocycles. The molecule has 3 heteroatoms. The van der Waals surface area contributed by atoms with E-state index in [1.807, 2.05) is 54.6 Å². The van der Waals surface area contributed by atoms with Crippen molar-refractivity contribution in [1.29, 1.82) is 0 Å². The summed E-state index contributed by atoms with van der Waals surface area (Å²) >= 11 is 3.82. The number of hydrogen-bond donors (Lipinski definition) is 0. The maximum absolute atomic E-state index is 5.61. The highest BCUT2D eigenvalue weighted by molar-refractivity contribution is 9.15. The van der Waals surface area contributed by atoms with Crippen LogP contribution in [0.4, 0.5) is 0 Å². The van der Waals surface area contributed by atoms with Crippen LogP contribution in [0.1, 0.15) is 16.7 Å². The quantitative estimate of drug-likeness (QED) is 0.492. The first kappa shape index (κ1) is 17.3. The van der Waals surface area contributed by atoms with Crippen molar-refractivity contribution in [1.82, 2.24) is 0 Å². The molecule has 0 saturated carbocycles. The summed E-state index contributed by atoms with van der Waals surface area (Å²) in [4.78, 5) is 0. The highest BCUT2D eigenvalue weighted by atomic mass is 79.9. The molecule has 0 heterocycles. The minimum atomic E-state index is 0.816. The zero-order valence-corrected chi connectivity index (χ0v) is 15.8. The van der Waals surface area contributed by atoms with Crippen LogP contribution in [0.25, 0.3) is 10.1 Å². The van der Waals surface area contributed by atoms with E-state index in [0.29, 0.717) is 0 Å². The van der Waals surface area contributed by atoms with Crippen LogP contribution in [-0.2, 0) is 0 Å². The van der Waals surface area contributed by atoms with Crippen LogP contribution in [0.2, 0.25) is 0 Å². The van der Waals surface area contributed by atoms with Gasteiger partial charge in [0, 0.05) is 21.2 Å². The largest absolute Gasteiger partial charge is 0.496 e. The molecule has 0 spiro atoms. The average molecular weight is 395 g/mol. The first-order chi connectivity index (χ1) is 12.3. The zero-order valence-electron chi connectivity index (χ0n) is 14.2. The lowest BCUT2D eigenvalue weighted by Crippen LogP contribution is -1.98. The first-order valence-corrected chi connectivity index (χ1v) is 8.77. The van der Waals surface area contributed by atoms with Gasteiger partial charge in [-0.15, -0.1) is 0 Å². The van der Waals surface area contributed by atoms with Crippen molar-refractivity contribution in [3.05, 3.63) is 95.6 Å². The lowest BCUT2D eigenvalue weighted by Gasteiger charge is -2.18. The molecule has 0 aliphatic rings. The second-order valence-corrected chi connectivity index (χ2v) is 6.25. The van der Waals surface area contributed by atoms with Gasteiger partial charge in [-0.05, 0) is 33.6 Å². The van der Waals surface area contributed by atoms with Gasteiger partial charge in [0.15, 0.2) is 0 Å². The molecule has 2 nitrogen and oxygen atoms in total. The zero-order chi connectivity index (χ0) is 17.6. The Morgan fingerprint density at radius 3 is 1.56 bits per heavy atom. The Bertz CT molecular complexity index is 836. The Labute approximate surface area is 156 Å². The second-order valence-electron chi connectivity index (χ2n) is 5.46. The van der Waals surface area contributed by atoms with Crippen LogP contribution in [0, 0.1) is 0 Å². The summed E-state index contributed by atoms with van der Waals surface area (Å²) in [5, 5.41) is 0. The van der Waals surface area contributed by atoms with Crippen molar-refractivity contribution in [2.24, 2.45) is 0 Å². The van der Waals surface area contributed by atoms with E-state index in [1.54, 1.807) is 14.2 Å². The van der Waals surface area contributed by atoms with Gasteiger partial charge in [-0.1, -0.05) is 66.7 Å². The molecule has 0 amide bonds. The minimum Gasteiger partial charge on any atom is -0.496 e. The first-order valence-electron chi connectivity index (χ1n) is 7.98. The number of ether oxygens (including phenoxy) is 2. The summed E-state index contributed by atoms with van der Waals surface area (Å²) in [6, 6.07) is 26.2. The topological polar surface area (TPSA) is 18.5 Å². The van der Waals surface area contributed by atoms with Gasteiger partial charge >= 0.3 is 0 Å². The standard InChI is InChI=1S/C22H19BrO2/c1-24-19-14-8-6-12-17(19)21(18-13-7-9-15-20(18)25-2)22(23)16-10-4-3-5-11-16/h3-15H,1-2H3. The highest BCUT2D eigenvalue weighted by Crippen LogP contribution is 2.42. The van der Waals surface area contributed by atoms with Crippen molar-refractivity contribution in [2.75, 3.05) is 14.2 Å². The number of halogens is 1. The smallest absolute Gasteiger partial charge is 0.126 e. The summed E-state index contributed by atoms with van der Waals surface area (Å²) < 4.78 is 12.2. The summed E-state index contributed by atoms with van der Waals surface area (Å²) in [5.41, 5.74) is 4.13. The SMILES string of the molecule is COc1ccccc1C(=C(Br)c1ccccc1)c1ccccc1OC. The Kier molecular flexibility index (Phi) is 5.56. The van der Waals surface area contributed by atoms with E-state index in [9.17, 15) is 0 Å². The van der Waals surface area contributed by atoms with Crippen molar-refractivity contribution >= 4 is 26.0 Å². The Hall–Kier alpha value is -2.52. The summed E-state index contributed by atoms with van der Waals surface area (Å²) in [6.45, 7) is 0. The molecule has 0 N–H and O–H groups in total. The lowest BCUT2D eigenvalue weighted by atomic mass is 9.94. The van der Waals surface area contributed by atoms with Gasteiger partial charge in [-0.25, -0.2) is 0 Å². The van der Waals surface area contributed by atoms with Gasteiger partial charge in [0.2, 0.25) is 0 Å². The monoisotopic (exact) mass is 394 g/mol.